The van der Waals surface area contributed by atoms with Gasteiger partial charge >= 0.3 is 0 Å². The molecule has 8 aromatic heterocycles. The maximum Gasteiger partial charge on any atom is 0.137 e. The Kier molecular flexibility index (Phi) is 17.5. The molecule has 145 heavy (non-hydrogen) atoms. The number of aromatic nitrogens is 3. The number of benzene rings is 20. The van der Waals surface area contributed by atoms with Crippen molar-refractivity contribution in [2.75, 3.05) is 14.7 Å². The first-order chi connectivity index (χ1) is 71.6. The van der Waals surface area contributed by atoms with Crippen LogP contribution in [0.15, 0.2) is 467 Å². The van der Waals surface area contributed by atoms with Gasteiger partial charge in [0.2, 0.25) is 0 Å². The third kappa shape index (κ3) is 12.2. The van der Waals surface area contributed by atoms with Crippen LogP contribution in [-0.4, -0.2) is 13.5 Å². The van der Waals surface area contributed by atoms with Gasteiger partial charge in [-0.3, -0.25) is 0 Å². The van der Waals surface area contributed by atoms with Gasteiger partial charge in [0.1, 0.15) is 44.7 Å². The summed E-state index contributed by atoms with van der Waals surface area (Å²) in [4.78, 5) is 7.13. The molecule has 0 fully saturated rings. The van der Waals surface area contributed by atoms with E-state index in [4.69, 9.17) is 17.7 Å². The molecule has 28 aromatic rings. The smallest absolute Gasteiger partial charge is 0.137 e. The van der Waals surface area contributed by atoms with Gasteiger partial charge in [0, 0.05) is 196 Å². The number of nitrogens with zero attached hydrogens (tertiary/aromatic N) is 6. The van der Waals surface area contributed by atoms with Crippen LogP contribution in [0.3, 0.4) is 0 Å². The number of furan rings is 4. The highest BCUT2D eigenvalue weighted by atomic mass is 16.3. The summed E-state index contributed by atoms with van der Waals surface area (Å²) in [7, 11) is 0. The van der Waals surface area contributed by atoms with E-state index in [1.54, 1.807) is 0 Å². The van der Waals surface area contributed by atoms with Gasteiger partial charge in [0.25, 0.3) is 0 Å². The molecule has 2 atom stereocenters. The maximum atomic E-state index is 6.43. The molecule has 3 aliphatic carbocycles. The molecule has 0 spiro atoms. The second kappa shape index (κ2) is 31.2. The van der Waals surface area contributed by atoms with Gasteiger partial charge < -0.3 is 45.9 Å². The molecule has 0 saturated heterocycles. The summed E-state index contributed by atoms with van der Waals surface area (Å²) >= 11 is 0. The molecule has 0 bridgehead atoms. The zero-order valence-electron chi connectivity index (χ0n) is 79.3. The number of allylic oxidation sites excluding steroid dienone is 2. The molecule has 5 aliphatic rings. The molecule has 2 aliphatic heterocycles. The van der Waals surface area contributed by atoms with Gasteiger partial charge in [-0.1, -0.05) is 275 Å². The minimum atomic E-state index is -0.0936. The van der Waals surface area contributed by atoms with Crippen LogP contribution in [0.2, 0.25) is 0 Å². The van der Waals surface area contributed by atoms with Gasteiger partial charge in [-0.2, -0.15) is 0 Å². The highest BCUT2D eigenvalue weighted by molar-refractivity contribution is 6.24. The van der Waals surface area contributed by atoms with E-state index in [2.05, 4.69) is 461 Å². The first-order valence-corrected chi connectivity index (χ1v) is 50.3. The summed E-state index contributed by atoms with van der Waals surface area (Å²) in [5, 5.41) is 16.8. The molecule has 33 rings (SSSR count). The van der Waals surface area contributed by atoms with Crippen molar-refractivity contribution in [3.8, 4) is 44.8 Å². The maximum absolute atomic E-state index is 6.43. The third-order valence-corrected chi connectivity index (χ3v) is 31.9. The Hall–Kier alpha value is -18.6. The van der Waals surface area contributed by atoms with E-state index < -0.39 is 0 Å². The van der Waals surface area contributed by atoms with Crippen molar-refractivity contribution in [3.05, 3.63) is 494 Å². The van der Waals surface area contributed by atoms with Crippen molar-refractivity contribution >= 4 is 211 Å². The summed E-state index contributed by atoms with van der Waals surface area (Å²) in [5.41, 5.74) is 44.3. The second-order valence-electron chi connectivity index (χ2n) is 39.9. The molecular weight excluding hydrogens is 1770 g/mol. The van der Waals surface area contributed by atoms with Crippen molar-refractivity contribution in [3.63, 3.8) is 0 Å². The lowest BCUT2D eigenvalue weighted by Gasteiger charge is -2.29. The van der Waals surface area contributed by atoms with Gasteiger partial charge in [0.15, 0.2) is 0 Å². The van der Waals surface area contributed by atoms with Gasteiger partial charge in [0.05, 0.1) is 27.6 Å². The Morgan fingerprint density at radius 2 is 0.579 bits per heavy atom. The van der Waals surface area contributed by atoms with E-state index in [0.717, 1.165) is 163 Å². The highest BCUT2D eigenvalue weighted by Gasteiger charge is 2.40. The molecule has 0 N–H and O–H groups in total. The minimum absolute atomic E-state index is 0.0936. The molecule has 10 heterocycles. The molecule has 2 unspecified atom stereocenters. The first kappa shape index (κ1) is 81.2. The van der Waals surface area contributed by atoms with E-state index >= 15 is 0 Å². The zero-order valence-corrected chi connectivity index (χ0v) is 79.3. The largest absolute Gasteiger partial charge is 0.456 e. The van der Waals surface area contributed by atoms with Crippen molar-refractivity contribution in [1.82, 2.24) is 13.5 Å². The lowest BCUT2D eigenvalue weighted by atomic mass is 9.82. The number of hydrogen-bond donors (Lipinski definition) is 0. The molecule has 20 aromatic carbocycles. The number of rotatable bonds is 11. The predicted octanol–water partition coefficient (Wildman–Crippen LogP) is 37.5. The van der Waals surface area contributed by atoms with Crippen molar-refractivity contribution in [2.45, 2.75) is 43.9 Å². The Balaban J connectivity index is 0.0000000991. The lowest BCUT2D eigenvalue weighted by Crippen LogP contribution is -2.16. The van der Waals surface area contributed by atoms with E-state index in [9.17, 15) is 0 Å². The van der Waals surface area contributed by atoms with Crippen LogP contribution >= 0.6 is 0 Å². The van der Waals surface area contributed by atoms with E-state index in [0.29, 0.717) is 11.8 Å². The summed E-state index contributed by atoms with van der Waals surface area (Å²) < 4.78 is 32.8. The summed E-state index contributed by atoms with van der Waals surface area (Å²) in [6.07, 6.45) is 11.4. The average Bonchev–Trinajstić information content (AvgIpc) is 1.55. The summed E-state index contributed by atoms with van der Waals surface area (Å²) in [6, 6.07) is 158. The number of hydrogen-bond acceptors (Lipinski definition) is 7. The fraction of sp³-hybridized carbons (Fsp3) is 0.0519. The SMILES string of the molecule is C1=Cc2c3n(c4ccccc24)-c2ccc(N(c4ccc(-c5ccccc5)cc4)c4ccc(-c5ccc6c(c5)oc5ccccc56)cc4)cc2C3C1.CC1(C)c2ccccc2-c2ccc(N(c3ccc4c(c3)C3CC=Cc5c3n-4c3ccccc53)c3ccc4c(c3)oc3ccccc34)cc21.c1ccc2c(c1)oc1cc(N(c3ccc4c(c3)oc3ccccc34)c3ccc4c(c3)c3cccc5c6ccccc6n4c53)ccc12. The van der Waals surface area contributed by atoms with Gasteiger partial charge in [-0.25, -0.2) is 0 Å². The lowest BCUT2D eigenvalue weighted by molar-refractivity contribution is 0.660. The average molecular weight is 1860 g/mol. The number of fused-ring (bicyclic) bond motifs is 33. The Morgan fingerprint density at radius 1 is 0.234 bits per heavy atom. The normalized spacial score (nSPS) is 14.4. The van der Waals surface area contributed by atoms with Crippen LogP contribution in [0.4, 0.5) is 51.2 Å². The summed E-state index contributed by atoms with van der Waals surface area (Å²) in [5.74, 6) is 0.672. The topological polar surface area (TPSA) is 76.6 Å². The Bertz CT molecular complexity index is 10300. The molecule has 682 valence electrons. The molecule has 0 radical (unpaired) electrons. The fourth-order valence-corrected chi connectivity index (χ4v) is 25.3. The number of para-hydroxylation sites is 8. The number of anilines is 9. The fourth-order valence-electron chi connectivity index (χ4n) is 25.3. The molecule has 10 nitrogen and oxygen atoms in total. The zero-order chi connectivity index (χ0) is 95.1. The standard InChI is InChI=1S/C48H32N2O.C45H32N2O.C42H24N2O2/c1-2-9-31(10-3-1)32-17-22-35(23-18-32)49(36-24-19-33(20-25-36)34-21-27-40-39-12-5-7-16-46(39)51-47(40)29-34)37-26-28-45-43(30-37)42-14-8-13-41-38-11-4-6-15-44(38)50(45)48(41)42;1-45(2)38-15-6-3-10-30(38)31-21-18-28(25-39(31)45)46(29-19-22-34-33-12-5-8-17-42(33)48-43(34)26-29)27-20-23-41-37(24-27)36-14-9-13-35-32-11-4-7-16-40(32)47(41)44(35)36;1-4-13-36-28(8-1)33-11-7-12-34-35-22-25(18-21-37(35)44(36)42(33)34)43(26-16-19-31-29-9-2-5-14-38(29)45-40(31)23-26)27-17-20-32-30-10-3-6-15-39(30)46-41(32)24-27/h1-13,15-30,42H,14H2;3-13,15-26,36H,14H2,1-2H3;1-24H. The second-order valence-corrected chi connectivity index (χ2v) is 39.9. The Labute approximate surface area is 833 Å². The molecule has 0 saturated carbocycles. The molecule has 0 amide bonds. The van der Waals surface area contributed by atoms with Gasteiger partial charge in [-0.15, -0.1) is 0 Å². The summed E-state index contributed by atoms with van der Waals surface area (Å²) in [6.45, 7) is 4.71. The quantitative estimate of drug-likeness (QED) is 0.128. The predicted molar refractivity (Wildman–Crippen MR) is 600 cm³/mol. The van der Waals surface area contributed by atoms with Crippen LogP contribution in [-0.2, 0) is 5.41 Å². The minimum Gasteiger partial charge on any atom is -0.456 e. The Morgan fingerprint density at radius 3 is 1.10 bits per heavy atom. The third-order valence-electron chi connectivity index (χ3n) is 31.9. The molecular formula is C135H88N6O4. The first-order valence-electron chi connectivity index (χ1n) is 50.3. The van der Waals surface area contributed by atoms with Crippen molar-refractivity contribution < 1.29 is 17.7 Å². The van der Waals surface area contributed by atoms with Crippen LogP contribution in [0.1, 0.15) is 83.3 Å². The van der Waals surface area contributed by atoms with Crippen molar-refractivity contribution in [1.29, 1.82) is 0 Å². The van der Waals surface area contributed by atoms with Gasteiger partial charge in [-0.05, 0) is 250 Å². The van der Waals surface area contributed by atoms with E-state index in [1.807, 2.05) is 42.5 Å². The highest BCUT2D eigenvalue weighted by Crippen LogP contribution is 2.57. The molecule has 10 heteroatoms. The van der Waals surface area contributed by atoms with Crippen LogP contribution < -0.4 is 14.7 Å². The van der Waals surface area contributed by atoms with E-state index in [1.165, 1.54) is 138 Å². The monoisotopic (exact) mass is 1860 g/mol. The van der Waals surface area contributed by atoms with Crippen LogP contribution in [0.5, 0.6) is 0 Å². The van der Waals surface area contributed by atoms with E-state index in [-0.39, 0.29) is 5.41 Å². The van der Waals surface area contributed by atoms with Crippen molar-refractivity contribution in [2.24, 2.45) is 0 Å². The van der Waals surface area contributed by atoms with Crippen LogP contribution in [0, 0.1) is 0 Å². The van der Waals surface area contributed by atoms with Crippen LogP contribution in [0.25, 0.3) is 205 Å².